The lowest BCUT2D eigenvalue weighted by atomic mass is 9.56. The van der Waals surface area contributed by atoms with Crippen LogP contribution >= 0.6 is 0 Å². The first-order chi connectivity index (χ1) is 11.7. The van der Waals surface area contributed by atoms with E-state index in [4.69, 9.17) is 15.3 Å². The molecule has 2 saturated heterocycles. The highest BCUT2D eigenvalue weighted by Gasteiger charge is 2.59. The monoisotopic (exact) mass is 330 g/mol. The Hall–Kier alpha value is -1.63. The second-order valence-corrected chi connectivity index (χ2v) is 7.31. The maximum Gasteiger partial charge on any atom is 0.236 e. The molecule has 3 rings (SSSR count). The first kappa shape index (κ1) is 17.2. The minimum Gasteiger partial charge on any atom is -0.377 e. The first-order valence-corrected chi connectivity index (χ1v) is 9.07. The molecule has 0 N–H and O–H groups in total. The third-order valence-corrected chi connectivity index (χ3v) is 5.88. The molecule has 1 saturated carbocycles. The molecular formula is C18H26N4O2. The summed E-state index contributed by atoms with van der Waals surface area (Å²) in [5.41, 5.74) is 0.388. The predicted octanol–water partition coefficient (Wildman–Crippen LogP) is 1.68. The standard InChI is InChI=1S/C18H26N4O2/c19-8-3-10-21(11-4-9-20)16(23)13-22-14-18(6-2-7-18)17(22)15-5-1-12-24-15/h15,17H,1-7,10-14H2/t15-,17-/m1/s1. The number of hydrogen-bond donors (Lipinski definition) is 0. The molecule has 2 aliphatic heterocycles. The number of nitriles is 2. The summed E-state index contributed by atoms with van der Waals surface area (Å²) in [6.45, 7) is 3.06. The Bertz CT molecular complexity index is 522. The van der Waals surface area contributed by atoms with Crippen LogP contribution in [0.3, 0.4) is 0 Å². The van der Waals surface area contributed by atoms with Gasteiger partial charge in [0.15, 0.2) is 0 Å². The van der Waals surface area contributed by atoms with Crippen molar-refractivity contribution in [3.8, 4) is 12.1 Å². The smallest absolute Gasteiger partial charge is 0.236 e. The van der Waals surface area contributed by atoms with Crippen molar-refractivity contribution in [1.29, 1.82) is 10.5 Å². The van der Waals surface area contributed by atoms with E-state index in [0.29, 0.717) is 43.9 Å². The van der Waals surface area contributed by atoms with Crippen molar-refractivity contribution >= 4 is 5.91 Å². The number of amides is 1. The number of rotatable bonds is 7. The van der Waals surface area contributed by atoms with E-state index in [0.717, 1.165) is 26.0 Å². The average molecular weight is 330 g/mol. The van der Waals surface area contributed by atoms with Crippen LogP contribution in [-0.4, -0.2) is 60.6 Å². The minimum atomic E-state index is 0.0395. The molecule has 0 unspecified atom stereocenters. The molecule has 0 aromatic heterocycles. The summed E-state index contributed by atoms with van der Waals surface area (Å²) in [6, 6.07) is 4.55. The van der Waals surface area contributed by atoms with E-state index in [1.807, 2.05) is 0 Å². The quantitative estimate of drug-likeness (QED) is 0.709. The van der Waals surface area contributed by atoms with Gasteiger partial charge in [0.25, 0.3) is 0 Å². The minimum absolute atomic E-state index is 0.0395. The van der Waals surface area contributed by atoms with Gasteiger partial charge in [-0.15, -0.1) is 0 Å². The molecule has 6 heteroatoms. The Kier molecular flexibility index (Phi) is 5.38. The number of nitrogens with zero attached hydrogens (tertiary/aromatic N) is 4. The van der Waals surface area contributed by atoms with Gasteiger partial charge in [0.2, 0.25) is 5.91 Å². The summed E-state index contributed by atoms with van der Waals surface area (Å²) in [7, 11) is 0. The molecule has 1 amide bonds. The van der Waals surface area contributed by atoms with E-state index in [-0.39, 0.29) is 12.0 Å². The summed E-state index contributed by atoms with van der Waals surface area (Å²) in [5.74, 6) is 0.0395. The van der Waals surface area contributed by atoms with E-state index in [1.54, 1.807) is 4.90 Å². The summed E-state index contributed by atoms with van der Waals surface area (Å²) < 4.78 is 5.94. The summed E-state index contributed by atoms with van der Waals surface area (Å²) in [5, 5.41) is 17.6. The van der Waals surface area contributed by atoms with E-state index in [1.165, 1.54) is 19.3 Å². The average Bonchev–Trinajstić information content (AvgIpc) is 3.02. The van der Waals surface area contributed by atoms with Gasteiger partial charge in [-0.2, -0.15) is 10.5 Å². The first-order valence-electron chi connectivity index (χ1n) is 9.07. The molecule has 2 atom stereocenters. The molecular weight excluding hydrogens is 304 g/mol. The Labute approximate surface area is 144 Å². The zero-order valence-corrected chi connectivity index (χ0v) is 14.2. The van der Waals surface area contributed by atoms with Crippen LogP contribution in [0, 0.1) is 28.1 Å². The molecule has 3 aliphatic rings. The number of likely N-dealkylation sites (tertiary alicyclic amines) is 1. The Balaban J connectivity index is 1.59. The second-order valence-electron chi connectivity index (χ2n) is 7.31. The van der Waals surface area contributed by atoms with Gasteiger partial charge in [-0.1, -0.05) is 6.42 Å². The van der Waals surface area contributed by atoms with Crippen LogP contribution in [0.2, 0.25) is 0 Å². The zero-order valence-electron chi connectivity index (χ0n) is 14.2. The van der Waals surface area contributed by atoms with Crippen LogP contribution in [0.15, 0.2) is 0 Å². The SMILES string of the molecule is N#CCCN(CCC#N)C(=O)CN1CC2(CCC2)[C@H]1[C@H]1CCCO1. The third kappa shape index (κ3) is 3.27. The van der Waals surface area contributed by atoms with Gasteiger partial charge in [-0.25, -0.2) is 0 Å². The highest BCUT2D eigenvalue weighted by molar-refractivity contribution is 5.78. The van der Waals surface area contributed by atoms with Crippen molar-refractivity contribution in [3.05, 3.63) is 0 Å². The second kappa shape index (κ2) is 7.51. The highest BCUT2D eigenvalue weighted by atomic mass is 16.5. The molecule has 0 aromatic rings. The predicted molar refractivity (Wildman–Crippen MR) is 87.7 cm³/mol. The van der Waals surface area contributed by atoms with E-state index < -0.39 is 0 Å². The molecule has 130 valence electrons. The van der Waals surface area contributed by atoms with Crippen molar-refractivity contribution in [2.45, 2.75) is 57.1 Å². The number of carbonyl (C=O) groups excluding carboxylic acids is 1. The maximum absolute atomic E-state index is 12.7. The van der Waals surface area contributed by atoms with E-state index in [9.17, 15) is 4.79 Å². The topological polar surface area (TPSA) is 80.4 Å². The Morgan fingerprint density at radius 1 is 1.21 bits per heavy atom. The Morgan fingerprint density at radius 2 is 1.92 bits per heavy atom. The van der Waals surface area contributed by atoms with Gasteiger partial charge >= 0.3 is 0 Å². The van der Waals surface area contributed by atoms with Crippen LogP contribution < -0.4 is 0 Å². The molecule has 24 heavy (non-hydrogen) atoms. The van der Waals surface area contributed by atoms with Gasteiger partial charge in [0.1, 0.15) is 0 Å². The highest BCUT2D eigenvalue weighted by Crippen LogP contribution is 2.55. The van der Waals surface area contributed by atoms with Gasteiger partial charge < -0.3 is 9.64 Å². The third-order valence-electron chi connectivity index (χ3n) is 5.88. The van der Waals surface area contributed by atoms with Crippen LogP contribution in [0.1, 0.15) is 44.9 Å². The summed E-state index contributed by atoms with van der Waals surface area (Å²) >= 11 is 0. The van der Waals surface area contributed by atoms with Crippen LogP contribution in [0.25, 0.3) is 0 Å². The van der Waals surface area contributed by atoms with E-state index in [2.05, 4.69) is 17.0 Å². The maximum atomic E-state index is 12.7. The molecule has 1 spiro atoms. The lowest BCUT2D eigenvalue weighted by Crippen LogP contribution is -2.72. The normalized spacial score (nSPS) is 27.8. The molecule has 1 aliphatic carbocycles. The van der Waals surface area contributed by atoms with Crippen LogP contribution in [0.5, 0.6) is 0 Å². The van der Waals surface area contributed by atoms with Gasteiger partial charge in [-0.3, -0.25) is 9.69 Å². The van der Waals surface area contributed by atoms with Crippen LogP contribution in [-0.2, 0) is 9.53 Å². The fourth-order valence-corrected chi connectivity index (χ4v) is 4.60. The largest absolute Gasteiger partial charge is 0.377 e. The molecule has 3 fully saturated rings. The van der Waals surface area contributed by atoms with Gasteiger partial charge in [0.05, 0.1) is 37.6 Å². The summed E-state index contributed by atoms with van der Waals surface area (Å²) in [6.07, 6.45) is 6.94. The van der Waals surface area contributed by atoms with E-state index >= 15 is 0 Å². The molecule has 0 bridgehead atoms. The molecule has 0 radical (unpaired) electrons. The zero-order chi connectivity index (χ0) is 17.0. The molecule has 2 heterocycles. The molecule has 0 aromatic carbocycles. The van der Waals surface area contributed by atoms with Crippen molar-refractivity contribution in [3.63, 3.8) is 0 Å². The number of hydrogen-bond acceptors (Lipinski definition) is 5. The Morgan fingerprint density at radius 3 is 2.42 bits per heavy atom. The van der Waals surface area contributed by atoms with Gasteiger partial charge in [-0.05, 0) is 25.7 Å². The lowest BCUT2D eigenvalue weighted by Gasteiger charge is -2.64. The fourth-order valence-electron chi connectivity index (χ4n) is 4.60. The lowest BCUT2D eigenvalue weighted by molar-refractivity contribution is -0.178. The number of ether oxygens (including phenoxy) is 1. The van der Waals surface area contributed by atoms with Crippen molar-refractivity contribution in [2.75, 3.05) is 32.8 Å². The number of carbonyl (C=O) groups is 1. The van der Waals surface area contributed by atoms with Crippen LogP contribution in [0.4, 0.5) is 0 Å². The van der Waals surface area contributed by atoms with Crippen molar-refractivity contribution < 1.29 is 9.53 Å². The summed E-state index contributed by atoms with van der Waals surface area (Å²) in [4.78, 5) is 16.6. The van der Waals surface area contributed by atoms with Crippen molar-refractivity contribution in [1.82, 2.24) is 9.80 Å². The van der Waals surface area contributed by atoms with Crippen molar-refractivity contribution in [2.24, 2.45) is 5.41 Å². The van der Waals surface area contributed by atoms with Gasteiger partial charge in [0, 0.05) is 37.7 Å². The fraction of sp³-hybridized carbons (Fsp3) is 0.833. The molecule has 6 nitrogen and oxygen atoms in total.